The molecular weight excluding hydrogens is 366 g/mol. The van der Waals surface area contributed by atoms with Crippen molar-refractivity contribution in [2.24, 2.45) is 0 Å². The number of pyridine rings is 1. The number of carbonyl (C=O) groups excluding carboxylic acids is 1. The molecule has 0 bridgehead atoms. The first-order valence-corrected chi connectivity index (χ1v) is 8.49. The summed E-state index contributed by atoms with van der Waals surface area (Å²) in [6, 6.07) is 16.0. The van der Waals surface area contributed by atoms with Crippen molar-refractivity contribution < 1.29 is 14.3 Å². The predicted octanol–water partition coefficient (Wildman–Crippen LogP) is 4.75. The highest BCUT2D eigenvalue weighted by Crippen LogP contribution is 2.27. The van der Waals surface area contributed by atoms with Crippen LogP contribution in [0.2, 0.25) is 5.02 Å². The maximum absolute atomic E-state index is 12.4. The van der Waals surface area contributed by atoms with E-state index < -0.39 is 0 Å². The molecule has 0 fully saturated rings. The van der Waals surface area contributed by atoms with Crippen molar-refractivity contribution in [2.45, 2.75) is 0 Å². The maximum Gasteiger partial charge on any atom is 0.257 e. The number of aromatic nitrogens is 1. The Labute approximate surface area is 162 Å². The molecule has 138 valence electrons. The van der Waals surface area contributed by atoms with E-state index >= 15 is 0 Å². The van der Waals surface area contributed by atoms with Crippen LogP contribution in [0.5, 0.6) is 11.5 Å². The molecule has 1 heterocycles. The molecule has 0 spiro atoms. The maximum atomic E-state index is 12.4. The number of anilines is 3. The van der Waals surface area contributed by atoms with E-state index in [1.54, 1.807) is 37.4 Å². The average molecular weight is 384 g/mol. The van der Waals surface area contributed by atoms with Gasteiger partial charge in [0.15, 0.2) is 0 Å². The number of amides is 1. The lowest BCUT2D eigenvalue weighted by Crippen LogP contribution is -2.12. The molecule has 0 saturated heterocycles. The van der Waals surface area contributed by atoms with Crippen LogP contribution < -0.4 is 20.1 Å². The number of nitrogens with one attached hydrogen (secondary N) is 2. The third kappa shape index (κ3) is 4.68. The first kappa shape index (κ1) is 18.5. The molecule has 1 amide bonds. The zero-order valence-corrected chi connectivity index (χ0v) is 15.6. The van der Waals surface area contributed by atoms with Crippen LogP contribution in [-0.2, 0) is 0 Å². The van der Waals surface area contributed by atoms with Crippen molar-refractivity contribution in [1.29, 1.82) is 0 Å². The lowest BCUT2D eigenvalue weighted by Gasteiger charge is -2.09. The molecule has 0 aliphatic rings. The number of hydrogen-bond acceptors (Lipinski definition) is 5. The van der Waals surface area contributed by atoms with E-state index in [0.29, 0.717) is 27.8 Å². The number of carbonyl (C=O) groups is 1. The molecule has 0 saturated carbocycles. The van der Waals surface area contributed by atoms with Gasteiger partial charge in [-0.15, -0.1) is 0 Å². The Morgan fingerprint density at radius 1 is 1.00 bits per heavy atom. The molecule has 0 radical (unpaired) electrons. The lowest BCUT2D eigenvalue weighted by atomic mass is 10.2. The lowest BCUT2D eigenvalue weighted by molar-refractivity contribution is 0.102. The molecule has 2 N–H and O–H groups in total. The van der Waals surface area contributed by atoms with Gasteiger partial charge in [-0.3, -0.25) is 4.79 Å². The Morgan fingerprint density at radius 2 is 1.85 bits per heavy atom. The number of halogens is 1. The van der Waals surface area contributed by atoms with Crippen LogP contribution in [0, 0.1) is 0 Å². The predicted molar refractivity (Wildman–Crippen MR) is 106 cm³/mol. The Bertz CT molecular complexity index is 945. The summed E-state index contributed by atoms with van der Waals surface area (Å²) in [5, 5.41) is 6.36. The highest BCUT2D eigenvalue weighted by molar-refractivity contribution is 6.32. The summed E-state index contributed by atoms with van der Waals surface area (Å²) in [6.07, 6.45) is 1.50. The van der Waals surface area contributed by atoms with E-state index in [9.17, 15) is 4.79 Å². The van der Waals surface area contributed by atoms with Gasteiger partial charge in [-0.1, -0.05) is 17.7 Å². The van der Waals surface area contributed by atoms with E-state index in [1.807, 2.05) is 24.3 Å². The summed E-state index contributed by atoms with van der Waals surface area (Å²) in [6.45, 7) is 0. The summed E-state index contributed by atoms with van der Waals surface area (Å²) >= 11 is 6.07. The standard InChI is InChI=1S/C20H18ClN3O3/c1-26-16-5-3-4-14(10-16)23-19-9-6-13(12-22-19)20(25)24-15-7-8-18(27-2)17(21)11-15/h3-12H,1-2H3,(H,22,23)(H,24,25). The van der Waals surface area contributed by atoms with Crippen molar-refractivity contribution in [3.63, 3.8) is 0 Å². The summed E-state index contributed by atoms with van der Waals surface area (Å²) in [5.41, 5.74) is 1.84. The number of rotatable bonds is 6. The molecular formula is C20H18ClN3O3. The number of ether oxygens (including phenoxy) is 2. The first-order chi connectivity index (χ1) is 13.1. The molecule has 0 aliphatic heterocycles. The van der Waals surface area contributed by atoms with Crippen LogP contribution in [0.25, 0.3) is 0 Å². The van der Waals surface area contributed by atoms with E-state index in [0.717, 1.165) is 11.4 Å². The number of hydrogen-bond donors (Lipinski definition) is 2. The molecule has 0 unspecified atom stereocenters. The molecule has 3 aromatic rings. The molecule has 6 nitrogen and oxygen atoms in total. The number of nitrogens with zero attached hydrogens (tertiary/aromatic N) is 1. The van der Waals surface area contributed by atoms with Gasteiger partial charge in [0.1, 0.15) is 17.3 Å². The minimum atomic E-state index is -0.281. The van der Waals surface area contributed by atoms with Crippen molar-refractivity contribution in [2.75, 3.05) is 24.9 Å². The molecule has 0 atom stereocenters. The van der Waals surface area contributed by atoms with Gasteiger partial charge in [0.25, 0.3) is 5.91 Å². The molecule has 2 aromatic carbocycles. The topological polar surface area (TPSA) is 72.5 Å². The van der Waals surface area contributed by atoms with Gasteiger partial charge in [-0.2, -0.15) is 0 Å². The summed E-state index contributed by atoms with van der Waals surface area (Å²) in [5.74, 6) is 1.63. The summed E-state index contributed by atoms with van der Waals surface area (Å²) in [7, 11) is 3.15. The zero-order valence-electron chi connectivity index (χ0n) is 14.8. The minimum absolute atomic E-state index is 0.281. The first-order valence-electron chi connectivity index (χ1n) is 8.11. The fraction of sp³-hybridized carbons (Fsp3) is 0.100. The molecule has 7 heteroatoms. The SMILES string of the molecule is COc1cccc(Nc2ccc(C(=O)Nc3ccc(OC)c(Cl)c3)cn2)c1. The number of benzene rings is 2. The van der Waals surface area contributed by atoms with Crippen molar-refractivity contribution in [3.05, 3.63) is 71.4 Å². The summed E-state index contributed by atoms with van der Waals surface area (Å²) in [4.78, 5) is 16.6. The van der Waals surface area contributed by atoms with Crippen LogP contribution in [0.4, 0.5) is 17.2 Å². The average Bonchev–Trinajstić information content (AvgIpc) is 2.69. The van der Waals surface area contributed by atoms with Crippen LogP contribution in [-0.4, -0.2) is 25.1 Å². The van der Waals surface area contributed by atoms with Gasteiger partial charge < -0.3 is 20.1 Å². The Kier molecular flexibility index (Phi) is 5.78. The number of methoxy groups -OCH3 is 2. The van der Waals surface area contributed by atoms with Gasteiger partial charge in [0, 0.05) is 23.6 Å². The van der Waals surface area contributed by atoms with Crippen LogP contribution in [0.3, 0.4) is 0 Å². The highest BCUT2D eigenvalue weighted by Gasteiger charge is 2.09. The second kappa shape index (κ2) is 8.42. The van der Waals surface area contributed by atoms with Crippen molar-refractivity contribution >= 4 is 34.7 Å². The third-order valence-electron chi connectivity index (χ3n) is 3.78. The smallest absolute Gasteiger partial charge is 0.257 e. The zero-order chi connectivity index (χ0) is 19.2. The monoisotopic (exact) mass is 383 g/mol. The van der Waals surface area contributed by atoms with Crippen LogP contribution in [0.15, 0.2) is 60.8 Å². The van der Waals surface area contributed by atoms with Gasteiger partial charge in [0.05, 0.1) is 24.8 Å². The quantitative estimate of drug-likeness (QED) is 0.642. The van der Waals surface area contributed by atoms with E-state index in [2.05, 4.69) is 15.6 Å². The Balaban J connectivity index is 1.67. The van der Waals surface area contributed by atoms with Gasteiger partial charge >= 0.3 is 0 Å². The molecule has 0 aliphatic carbocycles. The Hall–Kier alpha value is -3.25. The minimum Gasteiger partial charge on any atom is -0.497 e. The molecule has 1 aromatic heterocycles. The fourth-order valence-electron chi connectivity index (χ4n) is 2.40. The Morgan fingerprint density at radius 3 is 2.52 bits per heavy atom. The van der Waals surface area contributed by atoms with Crippen LogP contribution in [0.1, 0.15) is 10.4 Å². The highest BCUT2D eigenvalue weighted by atomic mass is 35.5. The van der Waals surface area contributed by atoms with E-state index in [-0.39, 0.29) is 5.91 Å². The van der Waals surface area contributed by atoms with Gasteiger partial charge in [0.2, 0.25) is 0 Å². The third-order valence-corrected chi connectivity index (χ3v) is 4.07. The normalized spacial score (nSPS) is 10.2. The molecule has 3 rings (SSSR count). The van der Waals surface area contributed by atoms with Gasteiger partial charge in [-0.25, -0.2) is 4.98 Å². The van der Waals surface area contributed by atoms with Gasteiger partial charge in [-0.05, 0) is 42.5 Å². The van der Waals surface area contributed by atoms with Crippen molar-refractivity contribution in [3.8, 4) is 11.5 Å². The van der Waals surface area contributed by atoms with E-state index in [1.165, 1.54) is 13.3 Å². The molecule has 27 heavy (non-hydrogen) atoms. The van der Waals surface area contributed by atoms with E-state index in [4.69, 9.17) is 21.1 Å². The second-order valence-corrected chi connectivity index (χ2v) is 6.00. The second-order valence-electron chi connectivity index (χ2n) is 5.59. The van der Waals surface area contributed by atoms with Crippen molar-refractivity contribution in [1.82, 2.24) is 4.98 Å². The fourth-order valence-corrected chi connectivity index (χ4v) is 2.66. The van der Waals surface area contributed by atoms with Crippen LogP contribution >= 0.6 is 11.6 Å². The summed E-state index contributed by atoms with van der Waals surface area (Å²) < 4.78 is 10.3. The largest absolute Gasteiger partial charge is 0.497 e.